The van der Waals surface area contributed by atoms with Gasteiger partial charge in [0.2, 0.25) is 0 Å². The fourth-order valence-corrected chi connectivity index (χ4v) is 4.09. The molecular formula is C18H24F2OS. The fourth-order valence-electron chi connectivity index (χ4n) is 3.02. The summed E-state index contributed by atoms with van der Waals surface area (Å²) in [7, 11) is 1.62. The van der Waals surface area contributed by atoms with E-state index in [0.29, 0.717) is 0 Å². The minimum absolute atomic E-state index is 0.152. The summed E-state index contributed by atoms with van der Waals surface area (Å²) in [5, 5.41) is -0.152. The molecule has 0 heterocycles. The van der Waals surface area contributed by atoms with Crippen molar-refractivity contribution in [3.05, 3.63) is 36.4 Å². The summed E-state index contributed by atoms with van der Waals surface area (Å²) in [5.41, 5.74) is 0. The fraction of sp³-hybridized carbons (Fsp3) is 0.556. The maximum Gasteiger partial charge on any atom is 0.267 e. The van der Waals surface area contributed by atoms with Gasteiger partial charge >= 0.3 is 0 Å². The first-order chi connectivity index (χ1) is 10.7. The summed E-state index contributed by atoms with van der Waals surface area (Å²) in [4.78, 5) is 1.01. The van der Waals surface area contributed by atoms with Crippen LogP contribution in [0.3, 0.4) is 0 Å². The highest BCUT2D eigenvalue weighted by Crippen LogP contribution is 2.33. The van der Waals surface area contributed by atoms with E-state index in [4.69, 9.17) is 4.74 Å². The molecular weight excluding hydrogens is 302 g/mol. The Morgan fingerprint density at radius 3 is 2.50 bits per heavy atom. The van der Waals surface area contributed by atoms with Gasteiger partial charge in [-0.25, -0.2) is 0 Å². The summed E-state index contributed by atoms with van der Waals surface area (Å²) < 4.78 is 30.5. The van der Waals surface area contributed by atoms with Crippen molar-refractivity contribution < 1.29 is 13.5 Å². The van der Waals surface area contributed by atoms with Gasteiger partial charge in [-0.05, 0) is 49.1 Å². The third-order valence-corrected chi connectivity index (χ3v) is 5.46. The third-order valence-electron chi connectivity index (χ3n) is 4.24. The number of hydrogen-bond donors (Lipinski definition) is 0. The second-order valence-electron chi connectivity index (χ2n) is 5.87. The zero-order chi connectivity index (χ0) is 15.8. The Bertz CT molecular complexity index is 462. The lowest BCUT2D eigenvalue weighted by molar-refractivity contribution is 0.333. The Labute approximate surface area is 136 Å². The van der Waals surface area contributed by atoms with E-state index in [-0.39, 0.29) is 5.25 Å². The third kappa shape index (κ3) is 5.99. The number of ether oxygens (including phenoxy) is 1. The number of hydrogen-bond acceptors (Lipinski definition) is 2. The lowest BCUT2D eigenvalue weighted by Crippen LogP contribution is -2.09. The average Bonchev–Trinajstić information content (AvgIpc) is 2.54. The van der Waals surface area contributed by atoms with Crippen LogP contribution >= 0.6 is 11.8 Å². The lowest BCUT2D eigenvalue weighted by atomic mass is 9.86. The molecule has 1 aromatic rings. The number of benzene rings is 1. The average molecular weight is 326 g/mol. The van der Waals surface area contributed by atoms with Crippen LogP contribution in [-0.4, -0.2) is 12.4 Å². The van der Waals surface area contributed by atoms with Crippen LogP contribution in [0.1, 0.15) is 44.9 Å². The van der Waals surface area contributed by atoms with Crippen LogP contribution in [-0.2, 0) is 0 Å². The number of halogens is 2. The van der Waals surface area contributed by atoms with Gasteiger partial charge in [-0.1, -0.05) is 32.1 Å². The summed E-state index contributed by atoms with van der Waals surface area (Å²) in [6.45, 7) is 0. The predicted molar refractivity (Wildman–Crippen MR) is 88.7 cm³/mol. The summed E-state index contributed by atoms with van der Waals surface area (Å²) in [6.07, 6.45) is 7.87. The van der Waals surface area contributed by atoms with Crippen molar-refractivity contribution in [1.29, 1.82) is 0 Å². The van der Waals surface area contributed by atoms with Crippen molar-refractivity contribution in [2.24, 2.45) is 5.92 Å². The normalized spacial score (nSPS) is 17.0. The first kappa shape index (κ1) is 17.3. The van der Waals surface area contributed by atoms with Crippen LogP contribution in [0, 0.1) is 5.92 Å². The SMILES string of the molecule is COc1ccc(S[C@@H](C=C(F)F)CCC2CCCCC2)cc1. The van der Waals surface area contributed by atoms with Gasteiger partial charge in [-0.3, -0.25) is 0 Å². The van der Waals surface area contributed by atoms with Crippen molar-refractivity contribution in [2.75, 3.05) is 7.11 Å². The molecule has 0 aliphatic heterocycles. The molecule has 2 rings (SSSR count). The molecule has 1 saturated carbocycles. The quantitative estimate of drug-likeness (QED) is 0.544. The molecule has 1 aliphatic carbocycles. The van der Waals surface area contributed by atoms with Gasteiger partial charge in [0.25, 0.3) is 6.08 Å². The lowest BCUT2D eigenvalue weighted by Gasteiger charge is -2.23. The van der Waals surface area contributed by atoms with Gasteiger partial charge in [-0.2, -0.15) is 8.78 Å². The van der Waals surface area contributed by atoms with Gasteiger partial charge < -0.3 is 4.74 Å². The Morgan fingerprint density at radius 2 is 1.91 bits per heavy atom. The van der Waals surface area contributed by atoms with E-state index >= 15 is 0 Å². The van der Waals surface area contributed by atoms with Gasteiger partial charge in [0.05, 0.1) is 7.11 Å². The predicted octanol–water partition coefficient (Wildman–Crippen LogP) is 6.30. The molecule has 1 fully saturated rings. The molecule has 0 saturated heterocycles. The van der Waals surface area contributed by atoms with E-state index in [1.165, 1.54) is 43.9 Å². The van der Waals surface area contributed by atoms with E-state index in [1.807, 2.05) is 24.3 Å². The number of rotatable bonds is 7. The van der Waals surface area contributed by atoms with E-state index in [1.54, 1.807) is 7.11 Å². The van der Waals surface area contributed by atoms with Crippen molar-refractivity contribution >= 4 is 11.8 Å². The zero-order valence-corrected chi connectivity index (χ0v) is 13.9. The standard InChI is InChI=1S/C18H24F2OS/c1-21-15-8-11-16(12-9-15)22-17(13-18(19)20)10-7-14-5-3-2-4-6-14/h8-9,11-14,17H,2-7,10H2,1H3/t17-/m1/s1. The Kier molecular flexibility index (Phi) is 7.23. The molecule has 0 unspecified atom stereocenters. The molecule has 1 atom stereocenters. The van der Waals surface area contributed by atoms with Crippen LogP contribution in [0.5, 0.6) is 5.75 Å². The van der Waals surface area contributed by atoms with Crippen LogP contribution in [0.25, 0.3) is 0 Å². The van der Waals surface area contributed by atoms with Crippen molar-refractivity contribution in [1.82, 2.24) is 0 Å². The van der Waals surface area contributed by atoms with Gasteiger partial charge in [0, 0.05) is 10.1 Å². The van der Waals surface area contributed by atoms with Crippen LogP contribution in [0.2, 0.25) is 0 Å². The van der Waals surface area contributed by atoms with Gasteiger partial charge in [0.1, 0.15) is 5.75 Å². The van der Waals surface area contributed by atoms with Crippen molar-refractivity contribution in [2.45, 2.75) is 55.1 Å². The van der Waals surface area contributed by atoms with E-state index in [2.05, 4.69) is 0 Å². The molecule has 0 spiro atoms. The molecule has 122 valence electrons. The largest absolute Gasteiger partial charge is 0.497 e. The first-order valence-electron chi connectivity index (χ1n) is 8.01. The van der Waals surface area contributed by atoms with E-state index in [9.17, 15) is 8.78 Å². The molecule has 22 heavy (non-hydrogen) atoms. The van der Waals surface area contributed by atoms with Gasteiger partial charge in [0.15, 0.2) is 0 Å². The Balaban J connectivity index is 1.91. The van der Waals surface area contributed by atoms with E-state index < -0.39 is 6.08 Å². The summed E-state index contributed by atoms with van der Waals surface area (Å²) in [5.74, 6) is 1.51. The maximum atomic E-state index is 12.7. The minimum Gasteiger partial charge on any atom is -0.497 e. The zero-order valence-electron chi connectivity index (χ0n) is 13.1. The smallest absolute Gasteiger partial charge is 0.267 e. The first-order valence-corrected chi connectivity index (χ1v) is 8.89. The van der Waals surface area contributed by atoms with Crippen LogP contribution in [0.15, 0.2) is 41.3 Å². The molecule has 0 amide bonds. The Morgan fingerprint density at radius 1 is 1.23 bits per heavy atom. The Hall–Kier alpha value is -1.03. The van der Waals surface area contributed by atoms with E-state index in [0.717, 1.165) is 35.5 Å². The maximum absolute atomic E-state index is 12.7. The highest BCUT2D eigenvalue weighted by atomic mass is 32.2. The highest BCUT2D eigenvalue weighted by Gasteiger charge is 2.17. The minimum atomic E-state index is -1.57. The monoisotopic (exact) mass is 326 g/mol. The second kappa shape index (κ2) is 9.19. The second-order valence-corrected chi connectivity index (χ2v) is 7.18. The molecule has 1 nitrogen and oxygen atoms in total. The topological polar surface area (TPSA) is 9.23 Å². The molecule has 1 aliphatic rings. The summed E-state index contributed by atoms with van der Waals surface area (Å²) in [6, 6.07) is 7.61. The number of thioether (sulfide) groups is 1. The van der Waals surface area contributed by atoms with Crippen molar-refractivity contribution in [3.63, 3.8) is 0 Å². The molecule has 4 heteroatoms. The molecule has 0 radical (unpaired) electrons. The number of methoxy groups -OCH3 is 1. The molecule has 0 aromatic heterocycles. The van der Waals surface area contributed by atoms with Crippen molar-refractivity contribution in [3.8, 4) is 5.75 Å². The molecule has 0 bridgehead atoms. The van der Waals surface area contributed by atoms with Crippen LogP contribution in [0.4, 0.5) is 8.78 Å². The molecule has 0 N–H and O–H groups in total. The highest BCUT2D eigenvalue weighted by molar-refractivity contribution is 8.00. The van der Waals surface area contributed by atoms with Crippen LogP contribution < -0.4 is 4.74 Å². The summed E-state index contributed by atoms with van der Waals surface area (Å²) >= 11 is 1.51. The van der Waals surface area contributed by atoms with Gasteiger partial charge in [-0.15, -0.1) is 11.8 Å². The molecule has 1 aromatic carbocycles.